The number of aliphatic hydroxyl groups excluding tert-OH is 1. The van der Waals surface area contributed by atoms with Gasteiger partial charge in [-0.15, -0.1) is 11.3 Å². The highest BCUT2D eigenvalue weighted by atomic mass is 32.1. The molecule has 4 rings (SSSR count). The molecule has 0 unspecified atom stereocenters. The highest BCUT2D eigenvalue weighted by Crippen LogP contribution is 2.37. The molecule has 1 aromatic carbocycles. The normalized spacial score (nSPS) is 11.2. The predicted octanol–water partition coefficient (Wildman–Crippen LogP) is 3.44. The van der Waals surface area contributed by atoms with Crippen LogP contribution < -0.4 is 5.32 Å². The van der Waals surface area contributed by atoms with Crippen molar-refractivity contribution in [1.82, 2.24) is 19.7 Å². The first-order valence-electron chi connectivity index (χ1n) is 8.51. The van der Waals surface area contributed by atoms with E-state index in [2.05, 4.69) is 37.9 Å². The lowest BCUT2D eigenvalue weighted by Crippen LogP contribution is -2.03. The molecule has 0 saturated carbocycles. The first-order chi connectivity index (χ1) is 13.3. The van der Waals surface area contributed by atoms with Crippen LogP contribution in [0.25, 0.3) is 21.3 Å². The van der Waals surface area contributed by atoms with E-state index in [0.29, 0.717) is 19.0 Å². The Morgan fingerprint density at radius 3 is 2.85 bits per heavy atom. The lowest BCUT2D eigenvalue weighted by atomic mass is 10.1. The first kappa shape index (κ1) is 17.6. The average Bonchev–Trinajstić information content (AvgIpc) is 3.30. The number of hydrogen-bond acceptors (Lipinski definition) is 7. The Balaban J connectivity index is 1.81. The molecule has 0 atom stereocenters. The third-order valence-corrected chi connectivity index (χ3v) is 4.94. The number of methoxy groups -OCH3 is 1. The van der Waals surface area contributed by atoms with Gasteiger partial charge in [0.2, 0.25) is 0 Å². The summed E-state index contributed by atoms with van der Waals surface area (Å²) in [6, 6.07) is 10.2. The molecule has 0 radical (unpaired) electrons. The van der Waals surface area contributed by atoms with Crippen molar-refractivity contribution in [3.63, 3.8) is 0 Å². The molecule has 138 valence electrons. The highest BCUT2D eigenvalue weighted by molar-refractivity contribution is 7.17. The van der Waals surface area contributed by atoms with Crippen LogP contribution in [0.1, 0.15) is 5.82 Å². The SMILES string of the molecule is COCc1nc(Nc2cnn(CCO)c2)c2c(-c3ccccc3)csc2n1. The minimum Gasteiger partial charge on any atom is -0.394 e. The fourth-order valence-electron chi connectivity index (χ4n) is 2.89. The molecule has 7 nitrogen and oxygen atoms in total. The summed E-state index contributed by atoms with van der Waals surface area (Å²) in [7, 11) is 1.63. The Morgan fingerprint density at radius 1 is 1.22 bits per heavy atom. The van der Waals surface area contributed by atoms with Crippen LogP contribution in [0.3, 0.4) is 0 Å². The van der Waals surface area contributed by atoms with Crippen molar-refractivity contribution < 1.29 is 9.84 Å². The van der Waals surface area contributed by atoms with Crippen molar-refractivity contribution in [1.29, 1.82) is 0 Å². The van der Waals surface area contributed by atoms with Gasteiger partial charge in [0.05, 0.1) is 30.4 Å². The molecule has 4 aromatic rings. The largest absolute Gasteiger partial charge is 0.394 e. The van der Waals surface area contributed by atoms with Crippen LogP contribution in [0, 0.1) is 0 Å². The predicted molar refractivity (Wildman–Crippen MR) is 106 cm³/mol. The van der Waals surface area contributed by atoms with E-state index >= 15 is 0 Å². The lowest BCUT2D eigenvalue weighted by Gasteiger charge is -2.09. The van der Waals surface area contributed by atoms with E-state index in [4.69, 9.17) is 9.84 Å². The van der Waals surface area contributed by atoms with Crippen molar-refractivity contribution in [3.8, 4) is 11.1 Å². The first-order valence-corrected chi connectivity index (χ1v) is 9.39. The van der Waals surface area contributed by atoms with Crippen molar-refractivity contribution >= 4 is 33.1 Å². The quantitative estimate of drug-likeness (QED) is 0.510. The number of anilines is 2. The topological polar surface area (TPSA) is 85.1 Å². The Morgan fingerprint density at radius 2 is 2.07 bits per heavy atom. The van der Waals surface area contributed by atoms with Gasteiger partial charge in [-0.3, -0.25) is 4.68 Å². The van der Waals surface area contributed by atoms with Crippen LogP contribution >= 0.6 is 11.3 Å². The van der Waals surface area contributed by atoms with Crippen molar-refractivity contribution in [2.45, 2.75) is 13.2 Å². The fourth-order valence-corrected chi connectivity index (χ4v) is 3.86. The van der Waals surface area contributed by atoms with E-state index in [9.17, 15) is 0 Å². The van der Waals surface area contributed by atoms with Crippen molar-refractivity contribution in [2.24, 2.45) is 0 Å². The third kappa shape index (κ3) is 3.68. The Bertz CT molecular complexity index is 1040. The van der Waals surface area contributed by atoms with E-state index in [0.717, 1.165) is 32.8 Å². The molecular formula is C19H19N5O2S. The van der Waals surface area contributed by atoms with Crippen molar-refractivity contribution in [3.05, 3.63) is 53.9 Å². The summed E-state index contributed by atoms with van der Waals surface area (Å²) in [5, 5.41) is 19.7. The number of hydrogen-bond donors (Lipinski definition) is 2. The van der Waals surface area contributed by atoms with Gasteiger partial charge < -0.3 is 15.2 Å². The van der Waals surface area contributed by atoms with Gasteiger partial charge in [-0.25, -0.2) is 9.97 Å². The van der Waals surface area contributed by atoms with E-state index in [-0.39, 0.29) is 6.61 Å². The van der Waals surface area contributed by atoms with Crippen LogP contribution in [0.5, 0.6) is 0 Å². The average molecular weight is 381 g/mol. The summed E-state index contributed by atoms with van der Waals surface area (Å²) in [5.74, 6) is 1.34. The van der Waals surface area contributed by atoms with Crippen LogP contribution in [-0.2, 0) is 17.9 Å². The zero-order valence-electron chi connectivity index (χ0n) is 14.8. The van der Waals surface area contributed by atoms with Crippen molar-refractivity contribution in [2.75, 3.05) is 19.0 Å². The number of aliphatic hydroxyl groups is 1. The molecule has 27 heavy (non-hydrogen) atoms. The number of rotatable bonds is 7. The van der Waals surface area contributed by atoms with Gasteiger partial charge in [0, 0.05) is 24.3 Å². The van der Waals surface area contributed by atoms with E-state index < -0.39 is 0 Å². The molecule has 0 aliphatic carbocycles. The van der Waals surface area contributed by atoms with Gasteiger partial charge in [-0.1, -0.05) is 30.3 Å². The minimum absolute atomic E-state index is 0.0412. The maximum Gasteiger partial charge on any atom is 0.158 e. The molecular weight excluding hydrogens is 362 g/mol. The van der Waals surface area contributed by atoms with Gasteiger partial charge >= 0.3 is 0 Å². The minimum atomic E-state index is 0.0412. The number of thiophene rings is 1. The molecule has 3 aromatic heterocycles. The smallest absolute Gasteiger partial charge is 0.158 e. The number of ether oxygens (including phenoxy) is 1. The number of fused-ring (bicyclic) bond motifs is 1. The lowest BCUT2D eigenvalue weighted by molar-refractivity contribution is 0.178. The highest BCUT2D eigenvalue weighted by Gasteiger charge is 2.16. The second-order valence-corrected chi connectivity index (χ2v) is 6.82. The molecule has 2 N–H and O–H groups in total. The molecule has 0 saturated heterocycles. The monoisotopic (exact) mass is 381 g/mol. The maximum atomic E-state index is 9.08. The van der Waals surface area contributed by atoms with Crippen LogP contribution in [0.15, 0.2) is 48.1 Å². The third-order valence-electron chi connectivity index (χ3n) is 4.06. The summed E-state index contributed by atoms with van der Waals surface area (Å²) < 4.78 is 6.90. The van der Waals surface area contributed by atoms with Gasteiger partial charge in [0.15, 0.2) is 5.82 Å². The number of benzene rings is 1. The van der Waals surface area contributed by atoms with Gasteiger partial charge in [0.25, 0.3) is 0 Å². The standard InChI is InChI=1S/C19H19N5O2S/c1-26-11-16-22-18(21-14-9-20-24(10-14)7-8-25)17-15(12-27-19(17)23-16)13-5-3-2-4-6-13/h2-6,9-10,12,25H,7-8,11H2,1H3,(H,21,22,23). The maximum absolute atomic E-state index is 9.08. The zero-order valence-corrected chi connectivity index (χ0v) is 15.6. The number of nitrogens with zero attached hydrogens (tertiary/aromatic N) is 4. The Kier molecular flexibility index (Phi) is 5.10. The van der Waals surface area contributed by atoms with Gasteiger partial charge in [-0.2, -0.15) is 5.10 Å². The molecule has 0 spiro atoms. The van der Waals surface area contributed by atoms with E-state index in [1.807, 2.05) is 24.4 Å². The summed E-state index contributed by atoms with van der Waals surface area (Å²) in [6.45, 7) is 0.829. The second kappa shape index (κ2) is 7.83. The Labute approximate surface area is 160 Å². The Hall–Kier alpha value is -2.81. The van der Waals surface area contributed by atoms with Crippen LogP contribution in [0.2, 0.25) is 0 Å². The summed E-state index contributed by atoms with van der Waals surface area (Å²) in [5.41, 5.74) is 3.01. The van der Waals surface area contributed by atoms with Gasteiger partial charge in [0.1, 0.15) is 17.3 Å². The zero-order chi connectivity index (χ0) is 18.6. The fraction of sp³-hybridized carbons (Fsp3) is 0.211. The summed E-state index contributed by atoms with van der Waals surface area (Å²) in [6.07, 6.45) is 3.56. The molecule has 8 heteroatoms. The molecule has 0 fully saturated rings. The van der Waals surface area contributed by atoms with Crippen LogP contribution in [0.4, 0.5) is 11.5 Å². The number of nitrogens with one attached hydrogen (secondary N) is 1. The number of aromatic nitrogens is 4. The molecule has 0 bridgehead atoms. The summed E-state index contributed by atoms with van der Waals surface area (Å²) >= 11 is 1.59. The molecule has 0 aliphatic rings. The molecule has 0 aliphatic heterocycles. The van der Waals surface area contributed by atoms with Gasteiger partial charge in [-0.05, 0) is 5.56 Å². The molecule has 3 heterocycles. The second-order valence-electron chi connectivity index (χ2n) is 5.96. The summed E-state index contributed by atoms with van der Waals surface area (Å²) in [4.78, 5) is 10.2. The van der Waals surface area contributed by atoms with E-state index in [1.165, 1.54) is 0 Å². The van der Waals surface area contributed by atoms with E-state index in [1.54, 1.807) is 29.3 Å². The molecule has 0 amide bonds. The van der Waals surface area contributed by atoms with Crippen LogP contribution in [-0.4, -0.2) is 38.6 Å².